The van der Waals surface area contributed by atoms with Crippen LogP contribution < -0.4 is 0 Å². The quantitative estimate of drug-likeness (QED) is 0.726. The molecule has 0 bridgehead atoms. The summed E-state index contributed by atoms with van der Waals surface area (Å²) in [4.78, 5) is 10.8. The second-order valence-corrected chi connectivity index (χ2v) is 4.46. The molecule has 0 saturated carbocycles. The van der Waals surface area contributed by atoms with Gasteiger partial charge < -0.3 is 0 Å². The smallest absolute Gasteiger partial charge is 0.128 e. The Morgan fingerprint density at radius 2 is 2.00 bits per heavy atom. The molecule has 14 heavy (non-hydrogen) atoms. The molecule has 2 aromatic heterocycles. The molecule has 0 atom stereocenters. The van der Waals surface area contributed by atoms with Crippen molar-refractivity contribution in [3.8, 4) is 0 Å². The summed E-state index contributed by atoms with van der Waals surface area (Å²) < 4.78 is 0. The van der Waals surface area contributed by atoms with Crippen LogP contribution in [-0.4, -0.2) is 5.94 Å². The molecule has 0 aromatic carbocycles. The van der Waals surface area contributed by atoms with Gasteiger partial charge in [0.25, 0.3) is 0 Å². The molecule has 0 amide bonds. The lowest BCUT2D eigenvalue weighted by molar-refractivity contribution is 0.569. The average molecular weight is 220 g/mol. The van der Waals surface area contributed by atoms with Crippen LogP contribution in [0, 0.1) is 0 Å². The van der Waals surface area contributed by atoms with E-state index in [0.29, 0.717) is 6.42 Å². The Morgan fingerprint density at radius 1 is 1.21 bits per heavy atom. The van der Waals surface area contributed by atoms with Gasteiger partial charge in [0.15, 0.2) is 0 Å². The van der Waals surface area contributed by atoms with Crippen molar-refractivity contribution in [1.29, 1.82) is 0 Å². The maximum Gasteiger partial charge on any atom is 0.128 e. The largest absolute Gasteiger partial charge is 0.233 e. The van der Waals surface area contributed by atoms with Gasteiger partial charge in [0.2, 0.25) is 0 Å². The minimum Gasteiger partial charge on any atom is -0.233 e. The molecule has 2 aromatic rings. The maximum absolute atomic E-state index is 10.8. The van der Waals surface area contributed by atoms with E-state index in [1.807, 2.05) is 34.2 Å². The predicted molar refractivity (Wildman–Crippen MR) is 61.4 cm³/mol. The van der Waals surface area contributed by atoms with Crippen LogP contribution in [0.5, 0.6) is 0 Å². The Morgan fingerprint density at radius 3 is 2.57 bits per heavy atom. The molecule has 0 spiro atoms. The molecule has 3 heteroatoms. The lowest BCUT2D eigenvalue weighted by atomic mass is 10.0. The third kappa shape index (κ3) is 2.02. The van der Waals surface area contributed by atoms with Gasteiger partial charge in [-0.05, 0) is 44.8 Å². The van der Waals surface area contributed by atoms with Crippen LogP contribution in [-0.2, 0) is 11.2 Å². The van der Waals surface area contributed by atoms with Crippen molar-refractivity contribution >= 4 is 34.2 Å². The van der Waals surface area contributed by atoms with E-state index < -0.39 is 0 Å². The molecule has 70 valence electrons. The fourth-order valence-electron chi connectivity index (χ4n) is 1.23. The highest BCUT2D eigenvalue weighted by Gasteiger charge is 2.04. The van der Waals surface area contributed by atoms with Gasteiger partial charge in [0.05, 0.1) is 0 Å². The standard InChI is InChI=1S/C11H8OS2/c12-6-11(10-2-4-14-8-10)5-9-1-3-13-7-9/h1-4,7-8H,5H2. The van der Waals surface area contributed by atoms with Gasteiger partial charge in [-0.15, -0.1) is 0 Å². The van der Waals surface area contributed by atoms with Crippen molar-refractivity contribution in [2.45, 2.75) is 6.42 Å². The Labute approximate surface area is 90.3 Å². The molecule has 0 aliphatic heterocycles. The van der Waals surface area contributed by atoms with Gasteiger partial charge in [-0.1, -0.05) is 0 Å². The first-order chi connectivity index (χ1) is 6.90. The molecule has 0 aliphatic rings. The van der Waals surface area contributed by atoms with Gasteiger partial charge in [0, 0.05) is 12.0 Å². The fourth-order valence-corrected chi connectivity index (χ4v) is 2.57. The molecular formula is C11H8OS2. The third-order valence-corrected chi connectivity index (χ3v) is 3.37. The first-order valence-electron chi connectivity index (χ1n) is 4.18. The number of hydrogen-bond donors (Lipinski definition) is 0. The van der Waals surface area contributed by atoms with Crippen LogP contribution in [0.25, 0.3) is 5.57 Å². The molecule has 2 heterocycles. The van der Waals surface area contributed by atoms with Crippen molar-refractivity contribution in [3.63, 3.8) is 0 Å². The topological polar surface area (TPSA) is 17.1 Å². The van der Waals surface area contributed by atoms with Crippen LogP contribution in [0.4, 0.5) is 0 Å². The third-order valence-electron chi connectivity index (χ3n) is 1.95. The van der Waals surface area contributed by atoms with Crippen molar-refractivity contribution < 1.29 is 4.79 Å². The molecule has 0 fully saturated rings. The van der Waals surface area contributed by atoms with Crippen molar-refractivity contribution in [2.75, 3.05) is 0 Å². The summed E-state index contributed by atoms with van der Waals surface area (Å²) in [5, 5.41) is 8.03. The zero-order valence-electron chi connectivity index (χ0n) is 7.40. The van der Waals surface area contributed by atoms with E-state index in [-0.39, 0.29) is 0 Å². The highest BCUT2D eigenvalue weighted by Crippen LogP contribution is 2.20. The zero-order chi connectivity index (χ0) is 9.80. The molecule has 1 nitrogen and oxygen atoms in total. The lowest BCUT2D eigenvalue weighted by Crippen LogP contribution is -1.87. The minimum absolute atomic E-state index is 0.684. The molecule has 0 radical (unpaired) electrons. The van der Waals surface area contributed by atoms with E-state index in [0.717, 1.165) is 11.1 Å². The van der Waals surface area contributed by atoms with Crippen molar-refractivity contribution in [2.24, 2.45) is 0 Å². The second-order valence-electron chi connectivity index (χ2n) is 2.90. The Bertz CT molecular complexity index is 434. The fraction of sp³-hybridized carbons (Fsp3) is 0.0909. The van der Waals surface area contributed by atoms with E-state index in [4.69, 9.17) is 0 Å². The summed E-state index contributed by atoms with van der Waals surface area (Å²) in [5.41, 5.74) is 2.92. The van der Waals surface area contributed by atoms with Crippen LogP contribution in [0.1, 0.15) is 11.1 Å². The monoisotopic (exact) mass is 220 g/mol. The minimum atomic E-state index is 0.684. The average Bonchev–Trinajstić information content (AvgIpc) is 2.86. The van der Waals surface area contributed by atoms with E-state index in [1.165, 1.54) is 5.56 Å². The van der Waals surface area contributed by atoms with Crippen LogP contribution in [0.3, 0.4) is 0 Å². The highest BCUT2D eigenvalue weighted by atomic mass is 32.1. The van der Waals surface area contributed by atoms with E-state index in [2.05, 4.69) is 5.38 Å². The summed E-state index contributed by atoms with van der Waals surface area (Å²) in [6, 6.07) is 3.99. The van der Waals surface area contributed by atoms with Gasteiger partial charge in [-0.2, -0.15) is 22.7 Å². The van der Waals surface area contributed by atoms with Gasteiger partial charge >= 0.3 is 0 Å². The SMILES string of the molecule is O=C=C(Cc1ccsc1)c1ccsc1. The first kappa shape index (κ1) is 9.41. The van der Waals surface area contributed by atoms with Crippen LogP contribution >= 0.6 is 22.7 Å². The first-order valence-corrected chi connectivity index (χ1v) is 6.06. The summed E-state index contributed by atoms with van der Waals surface area (Å²) in [6.45, 7) is 0. The van der Waals surface area contributed by atoms with E-state index in [9.17, 15) is 4.79 Å². The molecular weight excluding hydrogens is 212 g/mol. The lowest BCUT2D eigenvalue weighted by Gasteiger charge is -1.97. The number of hydrogen-bond acceptors (Lipinski definition) is 3. The van der Waals surface area contributed by atoms with Crippen LogP contribution in [0.15, 0.2) is 33.7 Å². The highest BCUT2D eigenvalue weighted by molar-refractivity contribution is 7.08. The summed E-state index contributed by atoms with van der Waals surface area (Å²) >= 11 is 3.25. The zero-order valence-corrected chi connectivity index (χ0v) is 9.03. The number of allylic oxidation sites excluding steroid dienone is 1. The number of thiophene rings is 2. The van der Waals surface area contributed by atoms with Crippen molar-refractivity contribution in [3.05, 3.63) is 44.8 Å². The second kappa shape index (κ2) is 4.38. The van der Waals surface area contributed by atoms with E-state index in [1.54, 1.807) is 22.7 Å². The molecule has 0 unspecified atom stereocenters. The molecule has 0 aliphatic carbocycles. The Kier molecular flexibility index (Phi) is 2.94. The van der Waals surface area contributed by atoms with Gasteiger partial charge in [-0.3, -0.25) is 0 Å². The predicted octanol–water partition coefficient (Wildman–Crippen LogP) is 3.27. The molecule has 2 rings (SSSR count). The Balaban J connectivity index is 2.21. The number of carbonyl (C=O) groups excluding carboxylic acids is 1. The van der Waals surface area contributed by atoms with Crippen LogP contribution in [0.2, 0.25) is 0 Å². The Hall–Kier alpha value is -1.15. The summed E-state index contributed by atoms with van der Waals surface area (Å²) in [7, 11) is 0. The number of rotatable bonds is 3. The van der Waals surface area contributed by atoms with E-state index >= 15 is 0 Å². The maximum atomic E-state index is 10.8. The van der Waals surface area contributed by atoms with Gasteiger partial charge in [-0.25, -0.2) is 4.79 Å². The molecule has 0 saturated heterocycles. The normalized spacial score (nSPS) is 9.71. The summed E-state index contributed by atoms with van der Waals surface area (Å²) in [5.74, 6) is 2.02. The molecule has 0 N–H and O–H groups in total. The van der Waals surface area contributed by atoms with Gasteiger partial charge in [0.1, 0.15) is 5.94 Å². The van der Waals surface area contributed by atoms with Crippen molar-refractivity contribution in [1.82, 2.24) is 0 Å². The summed E-state index contributed by atoms with van der Waals surface area (Å²) in [6.07, 6.45) is 0.684.